The summed E-state index contributed by atoms with van der Waals surface area (Å²) in [5, 5.41) is 64.5. The maximum Gasteiger partial charge on any atom is 0.249 e. The number of carbonyl (C=O) groups excluding carboxylic acids is 1. The van der Waals surface area contributed by atoms with Crippen LogP contribution in [0.5, 0.6) is 0 Å². The third kappa shape index (κ3) is 22.4. The molecule has 0 aromatic rings. The van der Waals surface area contributed by atoms with Crippen LogP contribution in [0.25, 0.3) is 0 Å². The van der Waals surface area contributed by atoms with Crippen LogP contribution in [-0.2, 0) is 14.3 Å². The molecule has 8 unspecified atom stereocenters. The number of aliphatic hydroxyl groups excluding tert-OH is 6. The molecule has 0 radical (unpaired) electrons. The van der Waals surface area contributed by atoms with E-state index in [0.717, 1.165) is 32.1 Å². The molecule has 0 spiro atoms. The standard InChI is InChI=1S/C41H77NO9/c1-4-6-8-10-12-13-14-15-16-18-20-24-29-35(45)40(49)42-33(31-50-41-39(48)38(47)37(46)36(30-43)51-41)34(44)28-25-21-23-27-32(3)26-22-19-17-11-9-7-5-2/h25,27-28,33-39,41,43-48H,4-24,26,29-31H2,1-3H3,(H,42,49)/b28-25+,32-27+. The Morgan fingerprint density at radius 2 is 1.27 bits per heavy atom. The lowest BCUT2D eigenvalue weighted by molar-refractivity contribution is -0.302. The Hall–Kier alpha value is -1.37. The Labute approximate surface area is 310 Å². The van der Waals surface area contributed by atoms with Gasteiger partial charge in [0.05, 0.1) is 25.4 Å². The van der Waals surface area contributed by atoms with Crippen LogP contribution in [0.1, 0.15) is 168 Å². The molecule has 0 saturated carbocycles. The average Bonchev–Trinajstić information content (AvgIpc) is 3.12. The van der Waals surface area contributed by atoms with Gasteiger partial charge in [0.1, 0.15) is 30.5 Å². The van der Waals surface area contributed by atoms with E-state index in [1.807, 2.05) is 6.08 Å². The van der Waals surface area contributed by atoms with E-state index in [-0.39, 0.29) is 6.61 Å². The van der Waals surface area contributed by atoms with Gasteiger partial charge in [-0.1, -0.05) is 153 Å². The van der Waals surface area contributed by atoms with Crippen molar-refractivity contribution in [2.24, 2.45) is 0 Å². The summed E-state index contributed by atoms with van der Waals surface area (Å²) in [4.78, 5) is 13.0. The Kier molecular flexibility index (Phi) is 29.0. The number of amides is 1. The van der Waals surface area contributed by atoms with Gasteiger partial charge < -0.3 is 45.4 Å². The van der Waals surface area contributed by atoms with E-state index in [1.165, 1.54) is 102 Å². The fourth-order valence-corrected chi connectivity index (χ4v) is 6.48. The van der Waals surface area contributed by atoms with Crippen LogP contribution < -0.4 is 5.32 Å². The van der Waals surface area contributed by atoms with Gasteiger partial charge in [-0.05, 0) is 39.0 Å². The zero-order valence-corrected chi connectivity index (χ0v) is 32.4. The van der Waals surface area contributed by atoms with E-state index in [1.54, 1.807) is 6.08 Å². The molecule has 7 N–H and O–H groups in total. The van der Waals surface area contributed by atoms with Crippen molar-refractivity contribution in [1.82, 2.24) is 5.32 Å². The lowest BCUT2D eigenvalue weighted by Gasteiger charge is -2.40. The number of allylic oxidation sites excluding steroid dienone is 3. The van der Waals surface area contributed by atoms with Crippen molar-refractivity contribution in [2.45, 2.75) is 217 Å². The van der Waals surface area contributed by atoms with Crippen molar-refractivity contribution in [3.05, 3.63) is 23.8 Å². The Morgan fingerprint density at radius 3 is 1.82 bits per heavy atom. The topological polar surface area (TPSA) is 169 Å². The largest absolute Gasteiger partial charge is 0.394 e. The van der Waals surface area contributed by atoms with Crippen LogP contribution >= 0.6 is 0 Å². The van der Waals surface area contributed by atoms with Gasteiger partial charge in [-0.3, -0.25) is 4.79 Å². The van der Waals surface area contributed by atoms with E-state index in [4.69, 9.17) is 9.47 Å². The van der Waals surface area contributed by atoms with Crippen LogP contribution in [0.3, 0.4) is 0 Å². The molecule has 1 fully saturated rings. The first-order valence-electron chi connectivity index (χ1n) is 20.6. The summed E-state index contributed by atoms with van der Waals surface area (Å²) in [7, 11) is 0. The van der Waals surface area contributed by atoms with Crippen LogP contribution in [0.15, 0.2) is 23.8 Å². The summed E-state index contributed by atoms with van der Waals surface area (Å²) in [5.74, 6) is -0.628. The smallest absolute Gasteiger partial charge is 0.249 e. The van der Waals surface area contributed by atoms with Gasteiger partial charge in [0.25, 0.3) is 0 Å². The van der Waals surface area contributed by atoms with Crippen molar-refractivity contribution in [3.8, 4) is 0 Å². The first kappa shape index (κ1) is 47.7. The first-order valence-corrected chi connectivity index (χ1v) is 20.6. The minimum Gasteiger partial charge on any atom is -0.394 e. The number of hydrogen-bond acceptors (Lipinski definition) is 9. The van der Waals surface area contributed by atoms with Gasteiger partial charge in [0.2, 0.25) is 5.91 Å². The normalized spacial score (nSPS) is 23.1. The predicted molar refractivity (Wildman–Crippen MR) is 204 cm³/mol. The maximum absolute atomic E-state index is 13.0. The molecular formula is C41H77NO9. The van der Waals surface area contributed by atoms with E-state index >= 15 is 0 Å². The fourth-order valence-electron chi connectivity index (χ4n) is 6.48. The van der Waals surface area contributed by atoms with Gasteiger partial charge >= 0.3 is 0 Å². The number of carbonyl (C=O) groups is 1. The monoisotopic (exact) mass is 728 g/mol. The van der Waals surface area contributed by atoms with Gasteiger partial charge in [-0.15, -0.1) is 0 Å². The highest BCUT2D eigenvalue weighted by Gasteiger charge is 2.44. The average molecular weight is 728 g/mol. The van der Waals surface area contributed by atoms with E-state index in [0.29, 0.717) is 19.3 Å². The third-order valence-corrected chi connectivity index (χ3v) is 10.00. The van der Waals surface area contributed by atoms with Crippen LogP contribution in [0.2, 0.25) is 0 Å². The summed E-state index contributed by atoms with van der Waals surface area (Å²) >= 11 is 0. The number of aliphatic hydroxyl groups is 6. The molecule has 1 rings (SSSR count). The van der Waals surface area contributed by atoms with E-state index in [2.05, 4.69) is 32.2 Å². The third-order valence-electron chi connectivity index (χ3n) is 10.00. The van der Waals surface area contributed by atoms with Crippen molar-refractivity contribution in [1.29, 1.82) is 0 Å². The summed E-state index contributed by atoms with van der Waals surface area (Å²) in [6.07, 6.45) is 22.0. The first-order chi connectivity index (χ1) is 24.7. The fraction of sp³-hybridized carbons (Fsp3) is 0.878. The molecule has 1 heterocycles. The number of hydrogen-bond donors (Lipinski definition) is 7. The van der Waals surface area contributed by atoms with Crippen LogP contribution in [-0.4, -0.2) is 98.7 Å². The van der Waals surface area contributed by atoms with Gasteiger partial charge in [0, 0.05) is 0 Å². The Bertz CT molecular complexity index is 898. The summed E-state index contributed by atoms with van der Waals surface area (Å²) in [6, 6.07) is -0.993. The summed E-state index contributed by atoms with van der Waals surface area (Å²) < 4.78 is 11.1. The number of rotatable bonds is 32. The minimum atomic E-state index is -1.61. The highest BCUT2D eigenvalue weighted by Crippen LogP contribution is 2.22. The molecule has 300 valence electrons. The van der Waals surface area contributed by atoms with Crippen molar-refractivity contribution in [2.75, 3.05) is 13.2 Å². The molecule has 0 bridgehead atoms. The van der Waals surface area contributed by atoms with Crippen molar-refractivity contribution >= 4 is 5.91 Å². The van der Waals surface area contributed by atoms with Crippen molar-refractivity contribution < 1.29 is 44.9 Å². The molecule has 10 heteroatoms. The minimum absolute atomic E-state index is 0.306. The molecule has 8 atom stereocenters. The SMILES string of the molecule is CCCCCCCCCCCCCCC(O)C(=O)NC(COC1OC(CO)C(O)C(O)C1O)C(O)/C=C/CC/C=C(\C)CCCCCCCCC. The van der Waals surface area contributed by atoms with Crippen LogP contribution in [0.4, 0.5) is 0 Å². The van der Waals surface area contributed by atoms with Gasteiger partial charge in [-0.25, -0.2) is 0 Å². The molecule has 1 aliphatic heterocycles. The second-order valence-corrected chi connectivity index (χ2v) is 14.8. The number of nitrogens with one attached hydrogen (secondary N) is 1. The Morgan fingerprint density at radius 1 is 0.745 bits per heavy atom. The summed E-state index contributed by atoms with van der Waals surface area (Å²) in [6.45, 7) is 5.70. The van der Waals surface area contributed by atoms with Gasteiger partial charge in [0.15, 0.2) is 6.29 Å². The zero-order chi connectivity index (χ0) is 37.7. The molecule has 1 amide bonds. The maximum atomic E-state index is 13.0. The van der Waals surface area contributed by atoms with Crippen molar-refractivity contribution in [3.63, 3.8) is 0 Å². The molecule has 0 aliphatic carbocycles. The molecule has 1 saturated heterocycles. The molecule has 0 aromatic carbocycles. The lowest BCUT2D eigenvalue weighted by Crippen LogP contribution is -2.60. The molecule has 51 heavy (non-hydrogen) atoms. The highest BCUT2D eigenvalue weighted by atomic mass is 16.7. The summed E-state index contributed by atoms with van der Waals surface area (Å²) in [5.41, 5.74) is 1.36. The molecule has 0 aromatic heterocycles. The van der Waals surface area contributed by atoms with Crippen LogP contribution in [0, 0.1) is 0 Å². The number of ether oxygens (including phenoxy) is 2. The lowest BCUT2D eigenvalue weighted by atomic mass is 9.99. The molecular weight excluding hydrogens is 650 g/mol. The van der Waals surface area contributed by atoms with E-state index in [9.17, 15) is 35.4 Å². The van der Waals surface area contributed by atoms with Gasteiger partial charge in [-0.2, -0.15) is 0 Å². The second kappa shape index (κ2) is 31.0. The highest BCUT2D eigenvalue weighted by molar-refractivity contribution is 5.80. The second-order valence-electron chi connectivity index (χ2n) is 14.8. The predicted octanol–water partition coefficient (Wildman–Crippen LogP) is 6.52. The number of unbranched alkanes of at least 4 members (excludes halogenated alkanes) is 18. The van der Waals surface area contributed by atoms with E-state index < -0.39 is 61.5 Å². The molecule has 1 aliphatic rings. The molecule has 10 nitrogen and oxygen atoms in total. The Balaban J connectivity index is 2.59. The quantitative estimate of drug-likeness (QED) is 0.0301. The zero-order valence-electron chi connectivity index (χ0n) is 32.4.